The summed E-state index contributed by atoms with van der Waals surface area (Å²) in [5.74, 6) is -0.956. The van der Waals surface area contributed by atoms with Crippen LogP contribution in [0.1, 0.15) is 120 Å². The standard InChI is InChI=1S/C54H88O26S/c1-23-32(57)41(77-45-37(62)40(70-10)33(58)27(21-55)74-45)38(63)44(72-23)76-39-24(2)73-43(36(61)35(39)60)78-42-34(59)28(80-81(67,68)69)22-71-46(42)75-31-14-17-50(7)26-20-30(56)54-47(64)79-52(9,16-11-15-48(3,4)65)53(54,66)19-18-51(54,8)25(26)12-13-29(50)49(31,5)6/h20,23-25,27-46,55-63,65-66H,11-19,21-22H2,1-10H3,(H,67,68,69)/t23?,24?,25?,27?,28?,29?,30?,31?,32?,33?,34?,35?,36?,37?,38?,39?,40?,41?,42?,43?,44?,45?,46?,50-,51+,52+,53+,54?/m1/s1. The van der Waals surface area contributed by atoms with Gasteiger partial charge in [-0.25, -0.2) is 4.18 Å². The van der Waals surface area contributed by atoms with Gasteiger partial charge in [0.2, 0.25) is 0 Å². The van der Waals surface area contributed by atoms with Crippen molar-refractivity contribution in [1.29, 1.82) is 0 Å². The molecule has 9 rings (SSSR count). The normalized spacial score (nSPS) is 51.8. The van der Waals surface area contributed by atoms with Crippen LogP contribution in [0.3, 0.4) is 0 Å². The zero-order valence-corrected chi connectivity index (χ0v) is 48.4. The van der Waals surface area contributed by atoms with Crippen molar-refractivity contribution in [3.63, 3.8) is 0 Å². The molecule has 5 saturated heterocycles. The highest BCUT2D eigenvalue weighted by molar-refractivity contribution is 7.80. The number of carbonyl (C=O) groups excluding carboxylic acids is 1. The fourth-order valence-electron chi connectivity index (χ4n) is 16.4. The molecule has 27 heteroatoms. The SMILES string of the molecule is COC1C(O)C(CO)OC(OC2C(O)C(C)OC(OC3C(C)OC(OC4C(OC5CC[C@]6(C)C7=CC(O)C89C(=O)O[C@@](C)(CCCC(C)(C)O)[C@@]8(O)CC[C@@]9(C)C7CCC6C5(C)C)OCC(OS(=O)(=O)O)C4O)C(O)C3O)C2O)C1O. The molecule has 5 aliphatic heterocycles. The minimum Gasteiger partial charge on any atom is -0.456 e. The highest BCUT2D eigenvalue weighted by atomic mass is 32.3. The summed E-state index contributed by atoms with van der Waals surface area (Å²) in [6.45, 7) is 14.9. The van der Waals surface area contributed by atoms with E-state index in [4.69, 9.17) is 51.6 Å². The molecule has 0 radical (unpaired) electrons. The molecular formula is C54H88O26S. The molecule has 0 aromatic heterocycles. The van der Waals surface area contributed by atoms with Crippen LogP contribution in [0.5, 0.6) is 0 Å². The Balaban J connectivity index is 0.906. The predicted molar refractivity (Wildman–Crippen MR) is 274 cm³/mol. The summed E-state index contributed by atoms with van der Waals surface area (Å²) in [6, 6.07) is 0. The van der Waals surface area contributed by atoms with E-state index in [1.165, 1.54) is 21.0 Å². The molecule has 1 spiro atoms. The molecule has 3 saturated carbocycles. The maximum absolute atomic E-state index is 14.5. The summed E-state index contributed by atoms with van der Waals surface area (Å²) >= 11 is 0. The highest BCUT2D eigenvalue weighted by Gasteiger charge is 2.85. The lowest BCUT2D eigenvalue weighted by Gasteiger charge is -2.64. The third kappa shape index (κ3) is 10.5. The van der Waals surface area contributed by atoms with Crippen molar-refractivity contribution in [3.8, 4) is 0 Å². The Morgan fingerprint density at radius 3 is 1.98 bits per heavy atom. The van der Waals surface area contributed by atoms with Gasteiger partial charge in [0.1, 0.15) is 96.0 Å². The van der Waals surface area contributed by atoms with Gasteiger partial charge >= 0.3 is 16.4 Å². The van der Waals surface area contributed by atoms with Crippen LogP contribution in [0.25, 0.3) is 0 Å². The van der Waals surface area contributed by atoms with Gasteiger partial charge in [0.15, 0.2) is 25.2 Å². The van der Waals surface area contributed by atoms with Crippen LogP contribution >= 0.6 is 0 Å². The number of rotatable bonds is 16. The van der Waals surface area contributed by atoms with Crippen LogP contribution in [0.15, 0.2) is 11.6 Å². The first-order valence-corrected chi connectivity index (χ1v) is 29.8. The monoisotopic (exact) mass is 1180 g/mol. The van der Waals surface area contributed by atoms with Crippen molar-refractivity contribution in [1.82, 2.24) is 0 Å². The number of aliphatic hydroxyl groups is 11. The maximum atomic E-state index is 14.5. The molecule has 28 atom stereocenters. The molecule has 0 aromatic carbocycles. The smallest absolute Gasteiger partial charge is 0.397 e. The molecule has 0 aromatic rings. The first-order chi connectivity index (χ1) is 37.6. The van der Waals surface area contributed by atoms with Crippen LogP contribution < -0.4 is 0 Å². The van der Waals surface area contributed by atoms with Crippen molar-refractivity contribution in [3.05, 3.63) is 11.6 Å². The molecule has 0 bridgehead atoms. The van der Waals surface area contributed by atoms with Gasteiger partial charge in [-0.3, -0.25) is 9.35 Å². The van der Waals surface area contributed by atoms with Crippen LogP contribution in [0, 0.1) is 33.5 Å². The van der Waals surface area contributed by atoms with Crippen LogP contribution in [0.4, 0.5) is 0 Å². The Hall–Kier alpha value is -1.72. The number of hydrogen-bond acceptors (Lipinski definition) is 25. The Bertz CT molecular complexity index is 2410. The summed E-state index contributed by atoms with van der Waals surface area (Å²) in [5.41, 5.74) is -6.77. The van der Waals surface area contributed by atoms with Crippen molar-refractivity contribution in [2.24, 2.45) is 33.5 Å². The van der Waals surface area contributed by atoms with Crippen molar-refractivity contribution in [2.75, 3.05) is 20.3 Å². The predicted octanol–water partition coefficient (Wildman–Crippen LogP) is -1.25. The summed E-state index contributed by atoms with van der Waals surface area (Å²) in [6.07, 6.45) is -26.9. The van der Waals surface area contributed by atoms with E-state index >= 15 is 0 Å². The second-order valence-corrected chi connectivity index (χ2v) is 27.4. The van der Waals surface area contributed by atoms with Gasteiger partial charge < -0.3 is 104 Å². The summed E-state index contributed by atoms with van der Waals surface area (Å²) in [7, 11) is -3.98. The molecule has 8 fully saturated rings. The number of carbonyl (C=O) groups is 1. The van der Waals surface area contributed by atoms with E-state index in [2.05, 4.69) is 6.92 Å². The molecule has 9 aliphatic rings. The molecule has 4 aliphatic carbocycles. The van der Waals surface area contributed by atoms with Gasteiger partial charge in [-0.05, 0) is 120 Å². The first kappa shape index (κ1) is 63.8. The van der Waals surface area contributed by atoms with E-state index in [9.17, 15) is 73.9 Å². The zero-order chi connectivity index (χ0) is 59.7. The average Bonchev–Trinajstić information content (AvgIpc) is 3.82. The third-order valence-electron chi connectivity index (χ3n) is 20.7. The summed E-state index contributed by atoms with van der Waals surface area (Å²) in [4.78, 5) is 14.5. The van der Waals surface area contributed by atoms with E-state index in [1.54, 1.807) is 26.8 Å². The minimum atomic E-state index is -5.18. The molecule has 466 valence electrons. The van der Waals surface area contributed by atoms with Crippen molar-refractivity contribution >= 4 is 16.4 Å². The number of esters is 1. The van der Waals surface area contributed by atoms with E-state index in [1.807, 2.05) is 20.8 Å². The second-order valence-electron chi connectivity index (χ2n) is 26.4. The number of cyclic esters (lactones) is 1. The average molecular weight is 1190 g/mol. The molecule has 12 N–H and O–H groups in total. The topological polar surface area (TPSA) is 396 Å². The lowest BCUT2D eigenvalue weighted by molar-refractivity contribution is -0.387. The minimum absolute atomic E-state index is 0.124. The number of ether oxygens (including phenoxy) is 10. The number of allylic oxidation sites excluding steroid dienone is 1. The number of fused-ring (bicyclic) bond motifs is 4. The summed E-state index contributed by atoms with van der Waals surface area (Å²) in [5, 5.41) is 125. The van der Waals surface area contributed by atoms with E-state index in [0.29, 0.717) is 51.4 Å². The molecule has 5 heterocycles. The van der Waals surface area contributed by atoms with E-state index < -0.39 is 197 Å². The van der Waals surface area contributed by atoms with Crippen molar-refractivity contribution < 1.29 is 125 Å². The quantitative estimate of drug-likeness (QED) is 0.0372. The maximum Gasteiger partial charge on any atom is 0.397 e. The zero-order valence-electron chi connectivity index (χ0n) is 47.6. The van der Waals surface area contributed by atoms with E-state index in [0.717, 1.165) is 5.57 Å². The Kier molecular flexibility index (Phi) is 17.7. The van der Waals surface area contributed by atoms with Crippen LogP contribution in [-0.2, 0) is 66.7 Å². The number of aliphatic hydroxyl groups excluding tert-OH is 9. The van der Waals surface area contributed by atoms with Crippen LogP contribution in [0.2, 0.25) is 0 Å². The van der Waals surface area contributed by atoms with Crippen LogP contribution in [-0.4, -0.2) is 241 Å². The largest absolute Gasteiger partial charge is 0.456 e. The molecule has 26 nitrogen and oxygen atoms in total. The number of methoxy groups -OCH3 is 1. The molecule has 24 unspecified atom stereocenters. The molecule has 0 amide bonds. The number of hydrogen-bond donors (Lipinski definition) is 12. The highest BCUT2D eigenvalue weighted by Crippen LogP contribution is 2.77. The van der Waals surface area contributed by atoms with Gasteiger partial charge in [-0.2, -0.15) is 8.42 Å². The Labute approximate surface area is 471 Å². The van der Waals surface area contributed by atoms with E-state index in [-0.39, 0.29) is 18.3 Å². The lowest BCUT2D eigenvalue weighted by Crippen LogP contribution is -2.68. The first-order valence-electron chi connectivity index (χ1n) is 28.4. The fraction of sp³-hybridized carbons (Fsp3) is 0.944. The lowest BCUT2D eigenvalue weighted by atomic mass is 9.40. The van der Waals surface area contributed by atoms with Gasteiger partial charge in [-0.15, -0.1) is 0 Å². The Morgan fingerprint density at radius 1 is 0.716 bits per heavy atom. The molecular weight excluding hydrogens is 1100 g/mol. The third-order valence-corrected chi connectivity index (χ3v) is 21.2. The van der Waals surface area contributed by atoms with Gasteiger partial charge in [0.25, 0.3) is 0 Å². The van der Waals surface area contributed by atoms with Crippen molar-refractivity contribution in [2.45, 2.75) is 266 Å². The van der Waals surface area contributed by atoms with Gasteiger partial charge in [-0.1, -0.05) is 39.3 Å². The Morgan fingerprint density at radius 2 is 1.33 bits per heavy atom. The molecule has 81 heavy (non-hydrogen) atoms. The summed E-state index contributed by atoms with van der Waals surface area (Å²) < 4.78 is 98.1. The fourth-order valence-corrected chi connectivity index (χ4v) is 16.9. The van der Waals surface area contributed by atoms with Gasteiger partial charge in [0.05, 0.1) is 43.2 Å². The second kappa shape index (κ2) is 22.5. The van der Waals surface area contributed by atoms with Gasteiger partial charge in [0, 0.05) is 7.11 Å².